The summed E-state index contributed by atoms with van der Waals surface area (Å²) in [5.74, 6) is -0.498. The third kappa shape index (κ3) is 5.51. The second-order valence-electron chi connectivity index (χ2n) is 6.15. The Morgan fingerprint density at radius 2 is 1.91 bits per heavy atom. The zero-order valence-corrected chi connectivity index (χ0v) is 13.9. The first-order valence-corrected chi connectivity index (χ1v) is 8.30. The van der Waals surface area contributed by atoms with Gasteiger partial charge in [0.2, 0.25) is 0 Å². The summed E-state index contributed by atoms with van der Waals surface area (Å²) < 4.78 is 0. The van der Waals surface area contributed by atoms with E-state index in [1.54, 1.807) is 18.2 Å². The first-order chi connectivity index (χ1) is 11.1. The predicted octanol–water partition coefficient (Wildman–Crippen LogP) is 2.84. The molecular weight excluding hydrogens is 290 g/mol. The summed E-state index contributed by atoms with van der Waals surface area (Å²) in [7, 11) is 0. The van der Waals surface area contributed by atoms with E-state index >= 15 is 0 Å². The highest BCUT2D eigenvalue weighted by atomic mass is 16.2. The van der Waals surface area contributed by atoms with E-state index in [1.165, 1.54) is 18.4 Å². The summed E-state index contributed by atoms with van der Waals surface area (Å²) in [4.78, 5) is 28.2. The number of hydrogen-bond donors (Lipinski definition) is 2. The van der Waals surface area contributed by atoms with Crippen molar-refractivity contribution in [1.29, 1.82) is 0 Å². The fourth-order valence-corrected chi connectivity index (χ4v) is 2.58. The Balaban J connectivity index is 1.89. The highest BCUT2D eigenvalue weighted by Crippen LogP contribution is 2.19. The van der Waals surface area contributed by atoms with Gasteiger partial charge in [-0.25, -0.2) is 4.98 Å². The summed E-state index contributed by atoms with van der Waals surface area (Å²) >= 11 is 0. The Kier molecular flexibility index (Phi) is 6.32. The molecule has 2 N–H and O–H groups in total. The monoisotopic (exact) mass is 315 g/mol. The second kappa shape index (κ2) is 8.46. The lowest BCUT2D eigenvalue weighted by Gasteiger charge is -2.13. The number of aromatic nitrogens is 1. The fraction of sp³-hybridized carbons (Fsp3) is 0.500. The summed E-state index contributed by atoms with van der Waals surface area (Å²) in [6.45, 7) is 4.37. The van der Waals surface area contributed by atoms with Gasteiger partial charge in [0.25, 0.3) is 11.8 Å². The highest BCUT2D eigenvalue weighted by Gasteiger charge is 2.13. The largest absolute Gasteiger partial charge is 0.350 e. The van der Waals surface area contributed by atoms with Crippen LogP contribution in [0.25, 0.3) is 0 Å². The third-order valence-corrected chi connectivity index (χ3v) is 3.75. The van der Waals surface area contributed by atoms with Gasteiger partial charge in [-0.2, -0.15) is 0 Å². The van der Waals surface area contributed by atoms with Crippen LogP contribution in [0.3, 0.4) is 0 Å². The van der Waals surface area contributed by atoms with Crippen molar-refractivity contribution >= 4 is 11.8 Å². The molecule has 0 atom stereocenters. The normalized spacial score (nSPS) is 14.3. The van der Waals surface area contributed by atoms with Gasteiger partial charge in [-0.05, 0) is 58.1 Å². The van der Waals surface area contributed by atoms with Crippen molar-refractivity contribution < 1.29 is 9.59 Å². The number of nitrogens with zero attached hydrogens (tertiary/aromatic N) is 1. The predicted molar refractivity (Wildman–Crippen MR) is 90.3 cm³/mol. The molecule has 0 saturated heterocycles. The maximum Gasteiger partial charge on any atom is 0.270 e. The molecule has 5 heteroatoms. The van der Waals surface area contributed by atoms with Crippen LogP contribution in [0.5, 0.6) is 0 Å². The van der Waals surface area contributed by atoms with Crippen molar-refractivity contribution in [3.63, 3.8) is 0 Å². The lowest BCUT2D eigenvalue weighted by atomic mass is 9.97. The number of allylic oxidation sites excluding steroid dienone is 1. The molecule has 0 aliphatic heterocycles. The number of hydrogen-bond acceptors (Lipinski definition) is 3. The quantitative estimate of drug-likeness (QED) is 0.793. The van der Waals surface area contributed by atoms with Crippen molar-refractivity contribution in [2.24, 2.45) is 0 Å². The smallest absolute Gasteiger partial charge is 0.270 e. The van der Waals surface area contributed by atoms with Crippen LogP contribution in [-0.4, -0.2) is 29.4 Å². The summed E-state index contributed by atoms with van der Waals surface area (Å²) in [5, 5.41) is 5.65. The summed E-state index contributed by atoms with van der Waals surface area (Å²) in [5.41, 5.74) is 1.97. The average molecular weight is 315 g/mol. The van der Waals surface area contributed by atoms with Crippen LogP contribution < -0.4 is 10.6 Å². The third-order valence-electron chi connectivity index (χ3n) is 3.75. The molecular formula is C18H25N3O2. The minimum absolute atomic E-state index is 0.0329. The lowest BCUT2D eigenvalue weighted by molar-refractivity contribution is 0.0936. The Labute approximate surface area is 137 Å². The maximum atomic E-state index is 12.2. The van der Waals surface area contributed by atoms with Crippen molar-refractivity contribution in [3.8, 4) is 0 Å². The molecule has 1 aliphatic carbocycles. The number of carbonyl (C=O) groups is 2. The summed E-state index contributed by atoms with van der Waals surface area (Å²) in [6, 6.07) is 4.95. The molecule has 0 fully saturated rings. The fourth-order valence-electron chi connectivity index (χ4n) is 2.58. The molecule has 2 amide bonds. The minimum Gasteiger partial charge on any atom is -0.350 e. The molecule has 0 radical (unpaired) electrons. The molecule has 1 aromatic heterocycles. The molecule has 0 spiro atoms. The van der Waals surface area contributed by atoms with Gasteiger partial charge in [0, 0.05) is 12.6 Å². The van der Waals surface area contributed by atoms with Crippen molar-refractivity contribution in [2.75, 3.05) is 6.54 Å². The second-order valence-corrected chi connectivity index (χ2v) is 6.15. The van der Waals surface area contributed by atoms with Crippen LogP contribution in [0.2, 0.25) is 0 Å². The zero-order valence-electron chi connectivity index (χ0n) is 13.9. The van der Waals surface area contributed by atoms with E-state index in [1.807, 2.05) is 13.8 Å². The van der Waals surface area contributed by atoms with Gasteiger partial charge >= 0.3 is 0 Å². The Morgan fingerprint density at radius 1 is 1.17 bits per heavy atom. The van der Waals surface area contributed by atoms with Crippen molar-refractivity contribution in [2.45, 2.75) is 52.0 Å². The van der Waals surface area contributed by atoms with Gasteiger partial charge in [-0.1, -0.05) is 17.7 Å². The Morgan fingerprint density at radius 3 is 2.57 bits per heavy atom. The van der Waals surface area contributed by atoms with E-state index in [2.05, 4.69) is 21.7 Å². The van der Waals surface area contributed by atoms with Crippen LogP contribution in [0, 0.1) is 0 Å². The zero-order chi connectivity index (χ0) is 16.7. The first-order valence-electron chi connectivity index (χ1n) is 8.30. The average Bonchev–Trinajstić information content (AvgIpc) is 2.55. The number of amides is 2. The maximum absolute atomic E-state index is 12.2. The molecule has 5 nitrogen and oxygen atoms in total. The number of nitrogens with one attached hydrogen (secondary N) is 2. The van der Waals surface area contributed by atoms with Crippen LogP contribution in [0.4, 0.5) is 0 Å². The van der Waals surface area contributed by atoms with Crippen LogP contribution >= 0.6 is 0 Å². The Hall–Kier alpha value is -2.17. The summed E-state index contributed by atoms with van der Waals surface area (Å²) in [6.07, 6.45) is 7.97. The number of pyridine rings is 1. The van der Waals surface area contributed by atoms with Gasteiger partial charge in [0.05, 0.1) is 0 Å². The van der Waals surface area contributed by atoms with E-state index in [4.69, 9.17) is 0 Å². The molecule has 23 heavy (non-hydrogen) atoms. The lowest BCUT2D eigenvalue weighted by Crippen LogP contribution is -2.32. The molecule has 0 bridgehead atoms. The number of rotatable bonds is 6. The van der Waals surface area contributed by atoms with Crippen LogP contribution in [0.1, 0.15) is 66.9 Å². The molecule has 1 heterocycles. The molecule has 0 saturated carbocycles. The van der Waals surface area contributed by atoms with E-state index < -0.39 is 0 Å². The molecule has 0 unspecified atom stereocenters. The standard InChI is InChI=1S/C18H25N3O2/c1-13(2)20-18(23)16-10-6-9-15(21-16)17(22)19-12-11-14-7-4-3-5-8-14/h6-7,9-10,13H,3-5,8,11-12H2,1-2H3,(H,19,22)(H,20,23). The molecule has 124 valence electrons. The number of carbonyl (C=O) groups excluding carboxylic acids is 2. The van der Waals surface area contributed by atoms with Gasteiger partial charge < -0.3 is 10.6 Å². The van der Waals surface area contributed by atoms with E-state index in [0.29, 0.717) is 6.54 Å². The van der Waals surface area contributed by atoms with Crippen molar-refractivity contribution in [3.05, 3.63) is 41.2 Å². The SMILES string of the molecule is CC(C)NC(=O)c1cccc(C(=O)NCCC2=CCCCC2)n1. The van der Waals surface area contributed by atoms with Crippen molar-refractivity contribution in [1.82, 2.24) is 15.6 Å². The Bertz CT molecular complexity index is 594. The van der Waals surface area contributed by atoms with Gasteiger partial charge in [0.1, 0.15) is 11.4 Å². The molecule has 2 rings (SSSR count). The van der Waals surface area contributed by atoms with Gasteiger partial charge in [0.15, 0.2) is 0 Å². The first kappa shape index (κ1) is 17.2. The topological polar surface area (TPSA) is 71.1 Å². The molecule has 0 aromatic carbocycles. The van der Waals surface area contributed by atoms with E-state index in [0.717, 1.165) is 19.3 Å². The van der Waals surface area contributed by atoms with Gasteiger partial charge in [-0.15, -0.1) is 0 Å². The van der Waals surface area contributed by atoms with E-state index in [-0.39, 0.29) is 29.2 Å². The van der Waals surface area contributed by atoms with Crippen LogP contribution in [0.15, 0.2) is 29.8 Å². The minimum atomic E-state index is -0.262. The van der Waals surface area contributed by atoms with Gasteiger partial charge in [-0.3, -0.25) is 9.59 Å². The van der Waals surface area contributed by atoms with E-state index in [9.17, 15) is 9.59 Å². The highest BCUT2D eigenvalue weighted by molar-refractivity contribution is 5.96. The van der Waals surface area contributed by atoms with Crippen LogP contribution in [-0.2, 0) is 0 Å². The molecule has 1 aromatic rings. The molecule has 1 aliphatic rings.